The van der Waals surface area contributed by atoms with Gasteiger partial charge in [-0.1, -0.05) is 6.07 Å². The number of carbonyl (C=O) groups is 3. The largest absolute Gasteiger partial charge is 0.341 e. The molecule has 2 heterocycles. The first-order valence-electron chi connectivity index (χ1n) is 7.42. The smallest absolute Gasteiger partial charge is 0.282 e. The molecular weight excluding hydrogens is 302 g/mol. The monoisotopic (exact) mass is 317 g/mol. The maximum absolute atomic E-state index is 12.4. The lowest BCUT2D eigenvalue weighted by Gasteiger charge is -2.28. The summed E-state index contributed by atoms with van der Waals surface area (Å²) >= 11 is 0. The molecule has 1 fully saturated rings. The minimum atomic E-state index is -0.775. The molecule has 0 saturated carbocycles. The van der Waals surface area contributed by atoms with E-state index in [1.165, 1.54) is 18.2 Å². The lowest BCUT2D eigenvalue weighted by atomic mass is 10.1. The van der Waals surface area contributed by atoms with E-state index in [0.717, 1.165) is 24.2 Å². The number of hydrogen-bond donors (Lipinski definition) is 0. The van der Waals surface area contributed by atoms with E-state index in [1.807, 2.05) is 0 Å². The van der Waals surface area contributed by atoms with Gasteiger partial charge in [0.1, 0.15) is 12.1 Å². The summed E-state index contributed by atoms with van der Waals surface area (Å²) in [7, 11) is 0. The third kappa shape index (κ3) is 2.56. The lowest BCUT2D eigenvalue weighted by Crippen LogP contribution is -2.44. The number of amides is 3. The Morgan fingerprint density at radius 2 is 1.83 bits per heavy atom. The molecule has 8 nitrogen and oxygen atoms in total. The summed E-state index contributed by atoms with van der Waals surface area (Å²) in [6.45, 7) is 0.855. The van der Waals surface area contributed by atoms with E-state index in [0.29, 0.717) is 13.1 Å². The maximum Gasteiger partial charge on any atom is 0.282 e. The van der Waals surface area contributed by atoms with Crippen LogP contribution in [0, 0.1) is 10.1 Å². The Balaban J connectivity index is 1.84. The molecule has 1 aromatic rings. The van der Waals surface area contributed by atoms with Crippen molar-refractivity contribution in [3.63, 3.8) is 0 Å². The van der Waals surface area contributed by atoms with Crippen molar-refractivity contribution in [1.29, 1.82) is 0 Å². The third-order valence-electron chi connectivity index (χ3n) is 4.18. The van der Waals surface area contributed by atoms with Gasteiger partial charge in [-0.05, 0) is 25.3 Å². The Hall–Kier alpha value is -2.77. The van der Waals surface area contributed by atoms with Crippen molar-refractivity contribution in [1.82, 2.24) is 9.80 Å². The van der Waals surface area contributed by atoms with Gasteiger partial charge in [0.15, 0.2) is 0 Å². The van der Waals surface area contributed by atoms with Crippen LogP contribution in [-0.2, 0) is 4.79 Å². The molecule has 23 heavy (non-hydrogen) atoms. The number of fused-ring (bicyclic) bond motifs is 1. The molecule has 3 rings (SSSR count). The molecule has 0 unspecified atom stereocenters. The van der Waals surface area contributed by atoms with E-state index in [1.54, 1.807) is 4.90 Å². The average Bonchev–Trinajstić information content (AvgIpc) is 2.80. The minimum Gasteiger partial charge on any atom is -0.341 e. The molecule has 1 aromatic carbocycles. The van der Waals surface area contributed by atoms with Crippen LogP contribution >= 0.6 is 0 Å². The van der Waals surface area contributed by atoms with E-state index >= 15 is 0 Å². The van der Waals surface area contributed by atoms with Gasteiger partial charge in [0.05, 0.1) is 10.5 Å². The van der Waals surface area contributed by atoms with Gasteiger partial charge in [-0.25, -0.2) is 0 Å². The first kappa shape index (κ1) is 15.1. The van der Waals surface area contributed by atoms with Gasteiger partial charge in [0, 0.05) is 19.2 Å². The number of carbonyl (C=O) groups excluding carboxylic acids is 3. The number of likely N-dealkylation sites (tertiary alicyclic amines) is 1. The predicted octanol–water partition coefficient (Wildman–Crippen LogP) is 1.20. The number of nitro benzene ring substituents is 1. The molecule has 0 N–H and O–H groups in total. The number of benzene rings is 1. The van der Waals surface area contributed by atoms with Crippen molar-refractivity contribution in [2.24, 2.45) is 0 Å². The van der Waals surface area contributed by atoms with Crippen molar-refractivity contribution in [2.75, 3.05) is 19.6 Å². The lowest BCUT2D eigenvalue weighted by molar-refractivity contribution is -0.385. The Labute approximate surface area is 131 Å². The molecule has 0 aliphatic carbocycles. The first-order valence-corrected chi connectivity index (χ1v) is 7.42. The van der Waals surface area contributed by atoms with E-state index in [-0.39, 0.29) is 23.6 Å². The molecule has 3 amide bonds. The highest BCUT2D eigenvalue weighted by molar-refractivity contribution is 6.24. The summed E-state index contributed by atoms with van der Waals surface area (Å²) < 4.78 is 0. The molecule has 120 valence electrons. The van der Waals surface area contributed by atoms with Gasteiger partial charge in [0.25, 0.3) is 17.5 Å². The Morgan fingerprint density at radius 1 is 1.13 bits per heavy atom. The topological polar surface area (TPSA) is 101 Å². The molecular formula is C15H15N3O5. The van der Waals surface area contributed by atoms with E-state index in [2.05, 4.69) is 0 Å². The Morgan fingerprint density at radius 3 is 2.48 bits per heavy atom. The van der Waals surface area contributed by atoms with Crippen LogP contribution in [0.3, 0.4) is 0 Å². The van der Waals surface area contributed by atoms with Crippen LogP contribution in [0.2, 0.25) is 0 Å². The van der Waals surface area contributed by atoms with Crippen molar-refractivity contribution in [3.8, 4) is 0 Å². The highest BCUT2D eigenvalue weighted by Gasteiger charge is 2.42. The number of rotatable bonds is 3. The highest BCUT2D eigenvalue weighted by Crippen LogP contribution is 2.30. The number of nitro groups is 1. The van der Waals surface area contributed by atoms with E-state index in [4.69, 9.17) is 0 Å². The Kier molecular flexibility index (Phi) is 3.81. The van der Waals surface area contributed by atoms with Gasteiger partial charge in [-0.3, -0.25) is 29.4 Å². The molecule has 0 radical (unpaired) electrons. The summed E-state index contributed by atoms with van der Waals surface area (Å²) in [5, 5.41) is 11.0. The molecule has 2 aliphatic heterocycles. The highest BCUT2D eigenvalue weighted by atomic mass is 16.6. The number of piperidine rings is 1. The molecule has 0 spiro atoms. The molecule has 1 saturated heterocycles. The van der Waals surface area contributed by atoms with Crippen molar-refractivity contribution in [2.45, 2.75) is 19.3 Å². The van der Waals surface area contributed by atoms with Crippen LogP contribution < -0.4 is 0 Å². The summed E-state index contributed by atoms with van der Waals surface area (Å²) in [6.07, 6.45) is 2.86. The fourth-order valence-electron chi connectivity index (χ4n) is 2.99. The SMILES string of the molecule is O=C(CN1C(=O)c2cccc([N+](=O)[O-])c2C1=O)N1CCCCC1. The number of imide groups is 1. The van der Waals surface area contributed by atoms with Crippen LogP contribution in [0.5, 0.6) is 0 Å². The molecule has 0 aromatic heterocycles. The maximum atomic E-state index is 12.4. The Bertz CT molecular complexity index is 709. The fourth-order valence-corrected chi connectivity index (χ4v) is 2.99. The van der Waals surface area contributed by atoms with Crippen molar-refractivity contribution in [3.05, 3.63) is 39.4 Å². The predicted molar refractivity (Wildman–Crippen MR) is 78.9 cm³/mol. The number of nitrogens with zero attached hydrogens (tertiary/aromatic N) is 3. The second kappa shape index (κ2) is 5.79. The van der Waals surface area contributed by atoms with E-state index in [9.17, 15) is 24.5 Å². The number of hydrogen-bond acceptors (Lipinski definition) is 5. The first-order chi connectivity index (χ1) is 11.0. The standard InChI is InChI=1S/C15H15N3O5/c19-12(16-7-2-1-3-8-16)9-17-14(20)10-5-4-6-11(18(22)23)13(10)15(17)21/h4-6H,1-3,7-9H2. The van der Waals surface area contributed by atoms with Crippen LogP contribution in [-0.4, -0.2) is 52.1 Å². The zero-order chi connectivity index (χ0) is 16.6. The van der Waals surface area contributed by atoms with Crippen LogP contribution in [0.4, 0.5) is 5.69 Å². The van der Waals surface area contributed by atoms with Crippen LogP contribution in [0.25, 0.3) is 0 Å². The van der Waals surface area contributed by atoms with Crippen LogP contribution in [0.1, 0.15) is 40.0 Å². The third-order valence-corrected chi connectivity index (χ3v) is 4.18. The molecule has 0 bridgehead atoms. The summed E-state index contributed by atoms with van der Waals surface area (Å²) in [4.78, 5) is 49.7. The summed E-state index contributed by atoms with van der Waals surface area (Å²) in [5.74, 6) is -1.73. The molecule has 0 atom stereocenters. The molecule has 2 aliphatic rings. The van der Waals surface area contributed by atoms with Gasteiger partial charge >= 0.3 is 0 Å². The van der Waals surface area contributed by atoms with Crippen molar-refractivity contribution >= 4 is 23.4 Å². The normalized spacial score (nSPS) is 17.4. The second-order valence-corrected chi connectivity index (χ2v) is 5.59. The molecule has 8 heteroatoms. The van der Waals surface area contributed by atoms with Crippen LogP contribution in [0.15, 0.2) is 18.2 Å². The van der Waals surface area contributed by atoms with Gasteiger partial charge in [-0.2, -0.15) is 0 Å². The van der Waals surface area contributed by atoms with Gasteiger partial charge in [-0.15, -0.1) is 0 Å². The quantitative estimate of drug-likeness (QED) is 0.474. The van der Waals surface area contributed by atoms with Crippen molar-refractivity contribution < 1.29 is 19.3 Å². The van der Waals surface area contributed by atoms with E-state index < -0.39 is 22.4 Å². The summed E-state index contributed by atoms with van der Waals surface area (Å²) in [5.41, 5.74) is -0.654. The average molecular weight is 317 g/mol. The van der Waals surface area contributed by atoms with Gasteiger partial charge < -0.3 is 4.90 Å². The van der Waals surface area contributed by atoms with Gasteiger partial charge in [0.2, 0.25) is 5.91 Å². The zero-order valence-electron chi connectivity index (χ0n) is 12.4. The fraction of sp³-hybridized carbons (Fsp3) is 0.400. The zero-order valence-corrected chi connectivity index (χ0v) is 12.4. The second-order valence-electron chi connectivity index (χ2n) is 5.59. The summed E-state index contributed by atoms with van der Waals surface area (Å²) in [6, 6.07) is 3.91. The minimum absolute atomic E-state index is 0.0179.